The average Bonchev–Trinajstić information content (AvgIpc) is 2.98. The minimum atomic E-state index is 0.656. The number of nitriles is 1. The third-order valence-corrected chi connectivity index (χ3v) is 4.73. The molecule has 0 atom stereocenters. The Kier molecular flexibility index (Phi) is 3.07. The maximum atomic E-state index is 9.00. The van der Waals surface area contributed by atoms with Crippen molar-refractivity contribution in [2.75, 3.05) is 0 Å². The third kappa shape index (κ3) is 1.91. The second-order valence-electron chi connectivity index (χ2n) is 4.84. The van der Waals surface area contributed by atoms with Crippen LogP contribution in [0.3, 0.4) is 0 Å². The number of aryl methyl sites for hydroxylation is 3. The van der Waals surface area contributed by atoms with E-state index in [1.54, 1.807) is 11.3 Å². The molecule has 4 heteroatoms. The highest BCUT2D eigenvalue weighted by atomic mass is 32.1. The van der Waals surface area contributed by atoms with E-state index in [4.69, 9.17) is 10.2 Å². The van der Waals surface area contributed by atoms with Crippen molar-refractivity contribution < 1.29 is 0 Å². The average molecular weight is 281 g/mol. The van der Waals surface area contributed by atoms with Crippen LogP contribution in [0.1, 0.15) is 22.9 Å². The van der Waals surface area contributed by atoms with Crippen LogP contribution in [-0.4, -0.2) is 9.55 Å². The van der Waals surface area contributed by atoms with E-state index in [1.807, 2.05) is 18.2 Å². The fraction of sp³-hybridized carbons (Fsp3) is 0.250. The van der Waals surface area contributed by atoms with E-state index < -0.39 is 0 Å². The molecule has 0 amide bonds. The van der Waals surface area contributed by atoms with Crippen LogP contribution in [0, 0.1) is 25.2 Å². The predicted octanol–water partition coefficient (Wildman–Crippen LogP) is 4.27. The second kappa shape index (κ2) is 4.77. The molecule has 1 aromatic carbocycles. The molecule has 2 heterocycles. The molecular weight excluding hydrogens is 266 g/mol. The minimum absolute atomic E-state index is 0.656. The maximum Gasteiger partial charge on any atom is 0.151 e. The first-order chi connectivity index (χ1) is 9.63. The number of hydrogen-bond donors (Lipinski definition) is 0. The van der Waals surface area contributed by atoms with Crippen LogP contribution in [-0.2, 0) is 6.54 Å². The molecule has 0 bridgehead atoms. The van der Waals surface area contributed by atoms with Gasteiger partial charge >= 0.3 is 0 Å². The number of nitrogens with zero attached hydrogens (tertiary/aromatic N) is 3. The Bertz CT molecular complexity index is 814. The number of benzene rings is 1. The molecule has 0 saturated carbocycles. The summed E-state index contributed by atoms with van der Waals surface area (Å²) in [5.74, 6) is 0.999. The van der Waals surface area contributed by atoms with Crippen molar-refractivity contribution in [2.45, 2.75) is 27.3 Å². The lowest BCUT2D eigenvalue weighted by molar-refractivity contribution is 0.798. The van der Waals surface area contributed by atoms with Gasteiger partial charge in [0.1, 0.15) is 0 Å². The SMILES string of the molecule is CCn1c(-c2cc(C)c(C)s2)nc2cc(C#N)ccc21. The number of imidazole rings is 1. The van der Waals surface area contributed by atoms with Crippen LogP contribution in [0.4, 0.5) is 0 Å². The normalized spacial score (nSPS) is 10.9. The molecule has 20 heavy (non-hydrogen) atoms. The first-order valence-corrected chi connectivity index (χ1v) is 7.43. The fourth-order valence-electron chi connectivity index (χ4n) is 2.39. The largest absolute Gasteiger partial charge is 0.324 e. The molecule has 3 rings (SSSR count). The molecule has 0 N–H and O–H groups in total. The van der Waals surface area contributed by atoms with Gasteiger partial charge in [0.25, 0.3) is 0 Å². The van der Waals surface area contributed by atoms with Gasteiger partial charge in [0, 0.05) is 11.4 Å². The van der Waals surface area contributed by atoms with E-state index in [0.717, 1.165) is 23.4 Å². The van der Waals surface area contributed by atoms with Gasteiger partial charge in [0.05, 0.1) is 27.5 Å². The van der Waals surface area contributed by atoms with E-state index in [-0.39, 0.29) is 0 Å². The Morgan fingerprint density at radius 3 is 2.70 bits per heavy atom. The Hall–Kier alpha value is -2.12. The molecule has 0 radical (unpaired) electrons. The maximum absolute atomic E-state index is 9.00. The van der Waals surface area contributed by atoms with Crippen molar-refractivity contribution in [3.63, 3.8) is 0 Å². The number of hydrogen-bond acceptors (Lipinski definition) is 3. The lowest BCUT2D eigenvalue weighted by atomic mass is 10.2. The molecule has 3 aromatic rings. The van der Waals surface area contributed by atoms with Gasteiger partial charge in [-0.3, -0.25) is 0 Å². The summed E-state index contributed by atoms with van der Waals surface area (Å²) in [6.45, 7) is 7.25. The van der Waals surface area contributed by atoms with Crippen molar-refractivity contribution in [1.29, 1.82) is 5.26 Å². The summed E-state index contributed by atoms with van der Waals surface area (Å²) in [7, 11) is 0. The molecule has 100 valence electrons. The summed E-state index contributed by atoms with van der Waals surface area (Å²) in [6.07, 6.45) is 0. The smallest absolute Gasteiger partial charge is 0.151 e. The second-order valence-corrected chi connectivity index (χ2v) is 6.10. The number of thiophene rings is 1. The quantitative estimate of drug-likeness (QED) is 0.703. The zero-order chi connectivity index (χ0) is 14.3. The number of aromatic nitrogens is 2. The van der Waals surface area contributed by atoms with Gasteiger partial charge in [-0.15, -0.1) is 11.3 Å². The Morgan fingerprint density at radius 1 is 1.30 bits per heavy atom. The highest BCUT2D eigenvalue weighted by molar-refractivity contribution is 7.15. The first kappa shape index (κ1) is 12.9. The monoisotopic (exact) mass is 281 g/mol. The van der Waals surface area contributed by atoms with Gasteiger partial charge in [-0.05, 0) is 50.6 Å². The van der Waals surface area contributed by atoms with Gasteiger partial charge in [-0.1, -0.05) is 0 Å². The fourth-order valence-corrected chi connectivity index (χ4v) is 3.42. The topological polar surface area (TPSA) is 41.6 Å². The van der Waals surface area contributed by atoms with Gasteiger partial charge in [0.2, 0.25) is 0 Å². The minimum Gasteiger partial charge on any atom is -0.324 e. The summed E-state index contributed by atoms with van der Waals surface area (Å²) in [6, 6.07) is 10.1. The predicted molar refractivity (Wildman–Crippen MR) is 82.9 cm³/mol. The molecular formula is C16H15N3S. The Balaban J connectivity index is 2.27. The van der Waals surface area contributed by atoms with Gasteiger partial charge in [-0.25, -0.2) is 4.98 Å². The van der Waals surface area contributed by atoms with Crippen molar-refractivity contribution in [3.8, 4) is 16.8 Å². The van der Waals surface area contributed by atoms with Crippen LogP contribution in [0.15, 0.2) is 24.3 Å². The van der Waals surface area contributed by atoms with E-state index >= 15 is 0 Å². The molecule has 2 aromatic heterocycles. The van der Waals surface area contributed by atoms with Gasteiger partial charge < -0.3 is 4.57 Å². The third-order valence-electron chi connectivity index (χ3n) is 3.58. The number of rotatable bonds is 2. The Labute approximate surface area is 122 Å². The molecule has 0 unspecified atom stereocenters. The Morgan fingerprint density at radius 2 is 2.10 bits per heavy atom. The van der Waals surface area contributed by atoms with E-state index in [9.17, 15) is 0 Å². The molecule has 0 saturated heterocycles. The molecule has 3 nitrogen and oxygen atoms in total. The van der Waals surface area contributed by atoms with Gasteiger partial charge in [0.15, 0.2) is 5.82 Å². The zero-order valence-corrected chi connectivity index (χ0v) is 12.6. The van der Waals surface area contributed by atoms with Crippen LogP contribution in [0.5, 0.6) is 0 Å². The van der Waals surface area contributed by atoms with Crippen LogP contribution < -0.4 is 0 Å². The van der Waals surface area contributed by atoms with Crippen molar-refractivity contribution in [2.24, 2.45) is 0 Å². The van der Waals surface area contributed by atoms with E-state index in [2.05, 4.69) is 37.5 Å². The lowest BCUT2D eigenvalue weighted by Crippen LogP contribution is -1.96. The molecule has 0 spiro atoms. The zero-order valence-electron chi connectivity index (χ0n) is 11.8. The van der Waals surface area contributed by atoms with E-state index in [1.165, 1.54) is 15.3 Å². The van der Waals surface area contributed by atoms with Crippen LogP contribution in [0.2, 0.25) is 0 Å². The molecule has 0 aliphatic carbocycles. The molecule has 0 aliphatic rings. The van der Waals surface area contributed by atoms with Crippen LogP contribution >= 0.6 is 11.3 Å². The standard InChI is InChI=1S/C16H15N3S/c1-4-19-14-6-5-12(9-17)8-13(14)18-16(19)15-7-10(2)11(3)20-15/h5-8H,4H2,1-3H3. The molecule has 0 aliphatic heterocycles. The molecule has 0 fully saturated rings. The summed E-state index contributed by atoms with van der Waals surface area (Å²) < 4.78 is 2.21. The lowest BCUT2D eigenvalue weighted by Gasteiger charge is -2.03. The highest BCUT2D eigenvalue weighted by Crippen LogP contribution is 2.32. The number of fused-ring (bicyclic) bond motifs is 1. The highest BCUT2D eigenvalue weighted by Gasteiger charge is 2.14. The van der Waals surface area contributed by atoms with Crippen molar-refractivity contribution in [1.82, 2.24) is 9.55 Å². The summed E-state index contributed by atoms with van der Waals surface area (Å²) >= 11 is 1.77. The summed E-state index contributed by atoms with van der Waals surface area (Å²) in [5, 5.41) is 9.00. The first-order valence-electron chi connectivity index (χ1n) is 6.62. The van der Waals surface area contributed by atoms with E-state index in [0.29, 0.717) is 5.56 Å². The van der Waals surface area contributed by atoms with Crippen molar-refractivity contribution >= 4 is 22.4 Å². The summed E-state index contributed by atoms with van der Waals surface area (Å²) in [4.78, 5) is 7.26. The van der Waals surface area contributed by atoms with Crippen LogP contribution in [0.25, 0.3) is 21.7 Å². The van der Waals surface area contributed by atoms with Gasteiger partial charge in [-0.2, -0.15) is 5.26 Å². The van der Waals surface area contributed by atoms with Crippen molar-refractivity contribution in [3.05, 3.63) is 40.3 Å². The summed E-state index contributed by atoms with van der Waals surface area (Å²) in [5.41, 5.74) is 3.94.